The molecule has 4 heteroatoms. The van der Waals surface area contributed by atoms with Gasteiger partial charge in [-0.3, -0.25) is 4.90 Å². The van der Waals surface area contributed by atoms with Crippen LogP contribution in [0.5, 0.6) is 0 Å². The van der Waals surface area contributed by atoms with E-state index in [1.807, 2.05) is 0 Å². The van der Waals surface area contributed by atoms with Crippen LogP contribution < -0.4 is 0 Å². The summed E-state index contributed by atoms with van der Waals surface area (Å²) in [4.78, 5) is 14.8. The largest absolute Gasteiger partial charge is 0.465 e. The molecule has 25 heavy (non-hydrogen) atoms. The topological polar surface area (TPSA) is 43.8 Å². The number of aryl methyl sites for hydroxylation is 3. The molecule has 0 bridgehead atoms. The van der Waals surface area contributed by atoms with Crippen LogP contribution in [0.15, 0.2) is 48.5 Å². The van der Waals surface area contributed by atoms with Crippen molar-refractivity contribution in [2.75, 3.05) is 26.2 Å². The molecule has 0 aromatic heterocycles. The van der Waals surface area contributed by atoms with Gasteiger partial charge in [-0.05, 0) is 42.0 Å². The summed E-state index contributed by atoms with van der Waals surface area (Å²) in [6, 6.07) is 17.4. The summed E-state index contributed by atoms with van der Waals surface area (Å²) in [6.07, 6.45) is 1.30. The first kappa shape index (κ1) is 17.5. The van der Waals surface area contributed by atoms with Crippen LogP contribution in [-0.4, -0.2) is 47.2 Å². The van der Waals surface area contributed by atoms with Crippen LogP contribution in [0.25, 0.3) is 0 Å². The maximum absolute atomic E-state index is 11.0. The van der Waals surface area contributed by atoms with Gasteiger partial charge < -0.3 is 10.0 Å². The first-order valence-corrected chi connectivity index (χ1v) is 8.94. The minimum absolute atomic E-state index is 0.600. The molecule has 1 fully saturated rings. The zero-order valence-electron chi connectivity index (χ0n) is 14.8. The molecule has 0 spiro atoms. The van der Waals surface area contributed by atoms with Crippen molar-refractivity contribution in [3.05, 3.63) is 70.8 Å². The fraction of sp³-hybridized carbons (Fsp3) is 0.381. The van der Waals surface area contributed by atoms with Gasteiger partial charge >= 0.3 is 6.09 Å². The van der Waals surface area contributed by atoms with Gasteiger partial charge in [0.25, 0.3) is 0 Å². The Morgan fingerprint density at radius 3 is 2.40 bits per heavy atom. The van der Waals surface area contributed by atoms with E-state index >= 15 is 0 Å². The van der Waals surface area contributed by atoms with Gasteiger partial charge in [-0.1, -0.05) is 48.5 Å². The van der Waals surface area contributed by atoms with Gasteiger partial charge in [-0.15, -0.1) is 0 Å². The molecule has 2 aromatic rings. The number of carboxylic acid groups (broad SMARTS) is 1. The van der Waals surface area contributed by atoms with E-state index in [1.54, 1.807) is 0 Å². The minimum Gasteiger partial charge on any atom is -0.465 e. The molecule has 132 valence electrons. The zero-order chi connectivity index (χ0) is 17.6. The number of hydrogen-bond donors (Lipinski definition) is 1. The molecule has 0 unspecified atom stereocenters. The highest BCUT2D eigenvalue weighted by Gasteiger charge is 2.20. The maximum Gasteiger partial charge on any atom is 0.407 e. The third kappa shape index (κ3) is 4.83. The fourth-order valence-electron chi connectivity index (χ4n) is 3.41. The second-order valence-electron chi connectivity index (χ2n) is 6.79. The van der Waals surface area contributed by atoms with Crippen LogP contribution in [0.2, 0.25) is 0 Å². The van der Waals surface area contributed by atoms with Gasteiger partial charge in [-0.2, -0.15) is 0 Å². The number of amides is 1. The summed E-state index contributed by atoms with van der Waals surface area (Å²) in [5, 5.41) is 9.03. The normalized spacial score (nSPS) is 15.3. The van der Waals surface area contributed by atoms with Crippen molar-refractivity contribution >= 4 is 6.09 Å². The maximum atomic E-state index is 11.0. The predicted octanol–water partition coefficient (Wildman–Crippen LogP) is 3.58. The van der Waals surface area contributed by atoms with Crippen molar-refractivity contribution in [3.8, 4) is 0 Å². The summed E-state index contributed by atoms with van der Waals surface area (Å²) < 4.78 is 0. The van der Waals surface area contributed by atoms with Crippen molar-refractivity contribution in [3.63, 3.8) is 0 Å². The predicted molar refractivity (Wildman–Crippen MR) is 99.9 cm³/mol. The highest BCUT2D eigenvalue weighted by atomic mass is 16.4. The summed E-state index contributed by atoms with van der Waals surface area (Å²) in [6.45, 7) is 5.87. The Morgan fingerprint density at radius 1 is 0.960 bits per heavy atom. The Kier molecular flexibility index (Phi) is 5.71. The van der Waals surface area contributed by atoms with Crippen molar-refractivity contribution < 1.29 is 9.90 Å². The Hall–Kier alpha value is -2.33. The average Bonchev–Trinajstić information content (AvgIpc) is 2.62. The second-order valence-corrected chi connectivity index (χ2v) is 6.79. The summed E-state index contributed by atoms with van der Waals surface area (Å²) in [5.41, 5.74) is 5.45. The monoisotopic (exact) mass is 338 g/mol. The standard InChI is InChI=1S/C21H26N2O2/c1-17-5-2-3-8-20(17)10-9-18-6-4-7-19(15-18)16-22-11-13-23(14-12-22)21(24)25/h2-8,15H,9-14,16H2,1H3,(H,24,25). The molecule has 2 aromatic carbocycles. The quantitative estimate of drug-likeness (QED) is 0.906. The Balaban J connectivity index is 1.55. The molecule has 0 aliphatic carbocycles. The molecule has 1 aliphatic rings. The van der Waals surface area contributed by atoms with E-state index in [2.05, 4.69) is 60.4 Å². The van der Waals surface area contributed by atoms with Crippen molar-refractivity contribution in [2.24, 2.45) is 0 Å². The number of carbonyl (C=O) groups is 1. The lowest BCUT2D eigenvalue weighted by Crippen LogP contribution is -2.47. The van der Waals surface area contributed by atoms with Crippen LogP contribution in [-0.2, 0) is 19.4 Å². The molecule has 1 N–H and O–H groups in total. The highest BCUT2D eigenvalue weighted by Crippen LogP contribution is 2.15. The molecule has 1 amide bonds. The van der Waals surface area contributed by atoms with Crippen molar-refractivity contribution in [1.82, 2.24) is 9.80 Å². The molecule has 1 saturated heterocycles. The van der Waals surface area contributed by atoms with E-state index in [1.165, 1.54) is 27.2 Å². The van der Waals surface area contributed by atoms with E-state index in [-0.39, 0.29) is 0 Å². The third-order valence-corrected chi connectivity index (χ3v) is 4.98. The lowest BCUT2D eigenvalue weighted by atomic mass is 9.99. The van der Waals surface area contributed by atoms with E-state index in [0.29, 0.717) is 13.1 Å². The van der Waals surface area contributed by atoms with Gasteiger partial charge in [0.2, 0.25) is 0 Å². The summed E-state index contributed by atoms with van der Waals surface area (Å²) in [5.74, 6) is 0. The second kappa shape index (κ2) is 8.17. The summed E-state index contributed by atoms with van der Waals surface area (Å²) in [7, 11) is 0. The number of piperazine rings is 1. The summed E-state index contributed by atoms with van der Waals surface area (Å²) >= 11 is 0. The molecule has 1 heterocycles. The van der Waals surface area contributed by atoms with Crippen molar-refractivity contribution in [2.45, 2.75) is 26.3 Å². The smallest absolute Gasteiger partial charge is 0.407 e. The number of rotatable bonds is 5. The first-order chi connectivity index (χ1) is 12.1. The third-order valence-electron chi connectivity index (χ3n) is 4.98. The lowest BCUT2D eigenvalue weighted by molar-refractivity contribution is 0.103. The SMILES string of the molecule is Cc1ccccc1CCc1cccc(CN2CCN(C(=O)O)CC2)c1. The molecule has 0 atom stereocenters. The van der Waals surface area contributed by atoms with E-state index in [0.717, 1.165) is 32.5 Å². The Labute approximate surface area is 149 Å². The molecule has 3 rings (SSSR count). The number of nitrogens with zero attached hydrogens (tertiary/aromatic N) is 2. The van der Waals surface area contributed by atoms with E-state index in [9.17, 15) is 4.79 Å². The fourth-order valence-corrected chi connectivity index (χ4v) is 3.41. The average molecular weight is 338 g/mol. The molecule has 4 nitrogen and oxygen atoms in total. The van der Waals surface area contributed by atoms with E-state index in [4.69, 9.17) is 5.11 Å². The van der Waals surface area contributed by atoms with Crippen LogP contribution >= 0.6 is 0 Å². The molecular formula is C21H26N2O2. The lowest BCUT2D eigenvalue weighted by Gasteiger charge is -2.33. The van der Waals surface area contributed by atoms with Crippen LogP contribution in [0.3, 0.4) is 0 Å². The number of benzene rings is 2. The zero-order valence-corrected chi connectivity index (χ0v) is 14.8. The highest BCUT2D eigenvalue weighted by molar-refractivity contribution is 5.65. The molecule has 1 aliphatic heterocycles. The van der Waals surface area contributed by atoms with Crippen LogP contribution in [0.1, 0.15) is 22.3 Å². The molecule has 0 radical (unpaired) electrons. The van der Waals surface area contributed by atoms with Gasteiger partial charge in [0, 0.05) is 32.7 Å². The van der Waals surface area contributed by atoms with Crippen LogP contribution in [0.4, 0.5) is 4.79 Å². The van der Waals surface area contributed by atoms with Crippen molar-refractivity contribution in [1.29, 1.82) is 0 Å². The van der Waals surface area contributed by atoms with Crippen LogP contribution in [0, 0.1) is 6.92 Å². The van der Waals surface area contributed by atoms with Gasteiger partial charge in [0.05, 0.1) is 0 Å². The number of hydrogen-bond acceptors (Lipinski definition) is 2. The van der Waals surface area contributed by atoms with Gasteiger partial charge in [0.15, 0.2) is 0 Å². The Bertz CT molecular complexity index is 721. The first-order valence-electron chi connectivity index (χ1n) is 8.94. The van der Waals surface area contributed by atoms with E-state index < -0.39 is 6.09 Å². The Morgan fingerprint density at radius 2 is 1.68 bits per heavy atom. The molecular weight excluding hydrogens is 312 g/mol. The van der Waals surface area contributed by atoms with Gasteiger partial charge in [-0.25, -0.2) is 4.79 Å². The minimum atomic E-state index is -0.808. The van der Waals surface area contributed by atoms with Gasteiger partial charge in [0.1, 0.15) is 0 Å². The molecule has 0 saturated carbocycles.